The van der Waals surface area contributed by atoms with Crippen LogP contribution in [0.3, 0.4) is 0 Å². The van der Waals surface area contributed by atoms with E-state index in [9.17, 15) is 9.59 Å². The van der Waals surface area contributed by atoms with Crippen molar-refractivity contribution in [1.82, 2.24) is 4.57 Å². The monoisotopic (exact) mass is 316 g/mol. The Bertz CT molecular complexity index is 544. The van der Waals surface area contributed by atoms with Gasteiger partial charge in [0.05, 0.1) is 11.1 Å². The number of anilines is 1. The first-order valence-corrected chi connectivity index (χ1v) is 7.68. The van der Waals surface area contributed by atoms with Crippen LogP contribution in [0.4, 0.5) is 5.69 Å². The predicted molar refractivity (Wildman–Crippen MR) is 81.6 cm³/mol. The van der Waals surface area contributed by atoms with Crippen molar-refractivity contribution in [1.29, 1.82) is 0 Å². The Labute approximate surface area is 128 Å². The van der Waals surface area contributed by atoms with Crippen molar-refractivity contribution in [3.8, 4) is 0 Å². The van der Waals surface area contributed by atoms with Crippen LogP contribution in [0.25, 0.3) is 0 Å². The van der Waals surface area contributed by atoms with E-state index in [0.29, 0.717) is 18.7 Å². The number of hydrogen-bond donors (Lipinski definition) is 1. The van der Waals surface area contributed by atoms with Crippen LogP contribution < -0.4 is 10.9 Å². The molecule has 1 aromatic heterocycles. The van der Waals surface area contributed by atoms with E-state index in [-0.39, 0.29) is 28.1 Å². The van der Waals surface area contributed by atoms with Crippen LogP contribution >= 0.6 is 23.2 Å². The predicted octanol–water partition coefficient (Wildman–Crippen LogP) is 2.82. The van der Waals surface area contributed by atoms with E-state index in [4.69, 9.17) is 23.2 Å². The van der Waals surface area contributed by atoms with Gasteiger partial charge in [-0.2, -0.15) is 0 Å². The highest BCUT2D eigenvalue weighted by Gasteiger charge is 2.31. The van der Waals surface area contributed by atoms with Gasteiger partial charge in [0.25, 0.3) is 5.56 Å². The summed E-state index contributed by atoms with van der Waals surface area (Å²) in [6.07, 6.45) is 3.75. The lowest BCUT2D eigenvalue weighted by molar-refractivity contribution is -0.120. The van der Waals surface area contributed by atoms with Crippen molar-refractivity contribution in [2.45, 2.75) is 43.5 Å². The molecule has 1 aliphatic rings. The number of nitrogens with one attached hydrogen (secondary N) is 1. The smallest absolute Gasteiger partial charge is 0.250 e. The maximum Gasteiger partial charge on any atom is 0.250 e. The summed E-state index contributed by atoms with van der Waals surface area (Å²) in [6.45, 7) is 2.45. The van der Waals surface area contributed by atoms with Gasteiger partial charge in [0, 0.05) is 30.1 Å². The minimum absolute atomic E-state index is 0.0530. The Morgan fingerprint density at radius 2 is 2.10 bits per heavy atom. The Hall–Kier alpha value is -1.00. The van der Waals surface area contributed by atoms with E-state index < -0.39 is 0 Å². The molecule has 1 aromatic rings. The molecule has 1 amide bonds. The average molecular weight is 317 g/mol. The van der Waals surface area contributed by atoms with Crippen molar-refractivity contribution >= 4 is 34.8 Å². The molecule has 0 aliphatic heterocycles. The normalized spacial score (nSPS) is 26.2. The molecule has 20 heavy (non-hydrogen) atoms. The quantitative estimate of drug-likeness (QED) is 0.872. The second-order valence-electron chi connectivity index (χ2n) is 5.07. The molecular weight excluding hydrogens is 299 g/mol. The van der Waals surface area contributed by atoms with Gasteiger partial charge in [-0.15, -0.1) is 23.2 Å². The van der Waals surface area contributed by atoms with Gasteiger partial charge < -0.3 is 9.88 Å². The van der Waals surface area contributed by atoms with Crippen molar-refractivity contribution in [3.63, 3.8) is 0 Å². The van der Waals surface area contributed by atoms with Gasteiger partial charge in [0.1, 0.15) is 0 Å². The van der Waals surface area contributed by atoms with Crippen LogP contribution in [0.5, 0.6) is 0 Å². The fourth-order valence-corrected chi connectivity index (χ4v) is 2.98. The zero-order valence-electron chi connectivity index (χ0n) is 11.3. The summed E-state index contributed by atoms with van der Waals surface area (Å²) in [4.78, 5) is 23.7. The lowest BCUT2D eigenvalue weighted by atomic mass is 9.88. The number of halogens is 2. The van der Waals surface area contributed by atoms with E-state index >= 15 is 0 Å². The third-order valence-corrected chi connectivity index (χ3v) is 4.79. The summed E-state index contributed by atoms with van der Waals surface area (Å²) in [5, 5.41) is 2.63. The number of nitrogens with zero attached hydrogens (tertiary/aromatic N) is 1. The first kappa shape index (κ1) is 15.4. The molecular formula is C14H18Cl2N2O2. The van der Waals surface area contributed by atoms with Crippen LogP contribution in [0.15, 0.2) is 23.1 Å². The second kappa shape index (κ2) is 6.64. The third kappa shape index (κ3) is 3.55. The van der Waals surface area contributed by atoms with Crippen molar-refractivity contribution < 1.29 is 4.79 Å². The maximum atomic E-state index is 12.2. The largest absolute Gasteiger partial charge is 0.325 e. The van der Waals surface area contributed by atoms with Crippen LogP contribution in [0, 0.1) is 5.92 Å². The number of carbonyl (C=O) groups is 1. The fourth-order valence-electron chi connectivity index (χ4n) is 2.41. The molecule has 0 spiro atoms. The number of carbonyl (C=O) groups excluding carboxylic acids is 1. The summed E-state index contributed by atoms with van der Waals surface area (Å²) >= 11 is 12.2. The molecule has 0 radical (unpaired) electrons. The number of aryl methyl sites for hydroxylation is 1. The molecule has 110 valence electrons. The van der Waals surface area contributed by atoms with Crippen LogP contribution in [-0.2, 0) is 11.3 Å². The second-order valence-corrected chi connectivity index (χ2v) is 6.19. The molecule has 3 unspecified atom stereocenters. The summed E-state index contributed by atoms with van der Waals surface area (Å²) < 4.78 is 1.55. The average Bonchev–Trinajstić information content (AvgIpc) is 2.43. The number of rotatable bonds is 3. The molecule has 0 saturated heterocycles. The molecule has 0 aromatic carbocycles. The number of alkyl halides is 2. The first-order chi connectivity index (χ1) is 9.51. The molecule has 1 aliphatic carbocycles. The highest BCUT2D eigenvalue weighted by atomic mass is 35.5. The van der Waals surface area contributed by atoms with E-state index in [1.165, 1.54) is 6.07 Å². The standard InChI is InChI=1S/C14H18Cl2N2O2/c1-2-18-8-10(4-6-13(18)19)17-14(20)9-3-5-11(15)12(16)7-9/h4,6,8-9,11-12H,2-3,5,7H2,1H3,(H,17,20). The SMILES string of the molecule is CCn1cc(NC(=O)C2CCC(Cl)C(Cl)C2)ccc1=O. The van der Waals surface area contributed by atoms with Gasteiger partial charge in [-0.3, -0.25) is 9.59 Å². The van der Waals surface area contributed by atoms with Gasteiger partial charge in [-0.1, -0.05) is 0 Å². The molecule has 1 heterocycles. The zero-order chi connectivity index (χ0) is 14.7. The minimum Gasteiger partial charge on any atom is -0.325 e. The van der Waals surface area contributed by atoms with Crippen LogP contribution in [-0.4, -0.2) is 21.2 Å². The van der Waals surface area contributed by atoms with Gasteiger partial charge in [-0.05, 0) is 32.3 Å². The third-order valence-electron chi connectivity index (χ3n) is 3.66. The molecule has 1 N–H and O–H groups in total. The van der Waals surface area contributed by atoms with E-state index in [1.807, 2.05) is 6.92 Å². The van der Waals surface area contributed by atoms with Gasteiger partial charge in [-0.25, -0.2) is 0 Å². The van der Waals surface area contributed by atoms with Gasteiger partial charge in [0.15, 0.2) is 0 Å². The molecule has 6 heteroatoms. The summed E-state index contributed by atoms with van der Waals surface area (Å²) in [5.74, 6) is -0.171. The first-order valence-electron chi connectivity index (χ1n) is 6.80. The van der Waals surface area contributed by atoms with E-state index in [1.54, 1.807) is 16.8 Å². The number of aromatic nitrogens is 1. The number of pyridine rings is 1. The topological polar surface area (TPSA) is 51.1 Å². The van der Waals surface area contributed by atoms with Crippen molar-refractivity contribution in [3.05, 3.63) is 28.7 Å². The van der Waals surface area contributed by atoms with Crippen LogP contribution in [0.2, 0.25) is 0 Å². The molecule has 4 nitrogen and oxygen atoms in total. The number of hydrogen-bond acceptors (Lipinski definition) is 2. The lowest BCUT2D eigenvalue weighted by Gasteiger charge is -2.28. The minimum atomic E-state index is -0.161. The number of amides is 1. The zero-order valence-corrected chi connectivity index (χ0v) is 12.8. The van der Waals surface area contributed by atoms with Gasteiger partial charge >= 0.3 is 0 Å². The summed E-state index contributed by atoms with van der Waals surface area (Å²) in [6, 6.07) is 3.08. The fraction of sp³-hybridized carbons (Fsp3) is 0.571. The molecule has 3 atom stereocenters. The Kier molecular flexibility index (Phi) is 5.11. The van der Waals surface area contributed by atoms with Crippen LogP contribution in [0.1, 0.15) is 26.2 Å². The Morgan fingerprint density at radius 1 is 1.35 bits per heavy atom. The van der Waals surface area contributed by atoms with E-state index in [0.717, 1.165) is 12.8 Å². The molecule has 0 bridgehead atoms. The van der Waals surface area contributed by atoms with Crippen molar-refractivity contribution in [2.24, 2.45) is 5.92 Å². The van der Waals surface area contributed by atoms with Gasteiger partial charge in [0.2, 0.25) is 5.91 Å². The van der Waals surface area contributed by atoms with E-state index in [2.05, 4.69) is 5.32 Å². The molecule has 1 saturated carbocycles. The summed E-state index contributed by atoms with van der Waals surface area (Å²) in [7, 11) is 0. The summed E-state index contributed by atoms with van der Waals surface area (Å²) in [5.41, 5.74) is 0.560. The highest BCUT2D eigenvalue weighted by molar-refractivity contribution is 6.30. The molecule has 1 fully saturated rings. The molecule has 2 rings (SSSR count). The van der Waals surface area contributed by atoms with Crippen molar-refractivity contribution in [2.75, 3.05) is 5.32 Å². The maximum absolute atomic E-state index is 12.2. The highest BCUT2D eigenvalue weighted by Crippen LogP contribution is 2.32. The lowest BCUT2D eigenvalue weighted by Crippen LogP contribution is -2.33. The Balaban J connectivity index is 2.03. The Morgan fingerprint density at radius 3 is 2.75 bits per heavy atom.